The van der Waals surface area contributed by atoms with Crippen molar-refractivity contribution in [3.8, 4) is 0 Å². The van der Waals surface area contributed by atoms with Crippen LogP contribution >= 0.6 is 0 Å². The maximum Gasteiger partial charge on any atom is 0.144 e. The van der Waals surface area contributed by atoms with Gasteiger partial charge in [0.1, 0.15) is 5.78 Å². The van der Waals surface area contributed by atoms with Crippen LogP contribution in [-0.2, 0) is 4.79 Å². The van der Waals surface area contributed by atoms with Gasteiger partial charge in [0.05, 0.1) is 6.04 Å². The highest BCUT2D eigenvalue weighted by atomic mass is 16.1. The minimum atomic E-state index is 0.137. The van der Waals surface area contributed by atoms with Gasteiger partial charge in [-0.25, -0.2) is 0 Å². The van der Waals surface area contributed by atoms with E-state index in [1.165, 1.54) is 11.1 Å². The zero-order valence-electron chi connectivity index (χ0n) is 13.2. The minimum absolute atomic E-state index is 0.137. The van der Waals surface area contributed by atoms with Crippen LogP contribution in [0, 0.1) is 11.8 Å². The number of rotatable bonds is 3. The van der Waals surface area contributed by atoms with Crippen molar-refractivity contribution in [2.75, 3.05) is 26.2 Å². The van der Waals surface area contributed by atoms with Crippen molar-refractivity contribution in [1.29, 1.82) is 0 Å². The number of Topliss-reactive ketones (excluding diaryl/α,β-unsaturated/α-hetero) is 1. The Morgan fingerprint density at radius 3 is 1.78 bits per heavy atom. The molecular weight excluding hydrogens is 284 g/mol. The molecule has 2 heterocycles. The summed E-state index contributed by atoms with van der Waals surface area (Å²) in [6.45, 7) is 3.33. The number of carbonyl (C=O) groups excluding carboxylic acids is 1. The SMILES string of the molecule is O=C1[C@@H]2CNC[C@H]1CN(C(c1ccccc1)c1ccccc1)C2. The lowest BCUT2D eigenvalue weighted by Gasteiger charge is -2.44. The van der Waals surface area contributed by atoms with E-state index in [9.17, 15) is 4.79 Å². The molecule has 0 radical (unpaired) electrons. The van der Waals surface area contributed by atoms with Crippen molar-refractivity contribution in [1.82, 2.24) is 10.2 Å². The molecule has 0 amide bonds. The largest absolute Gasteiger partial charge is 0.315 e. The van der Waals surface area contributed by atoms with Crippen molar-refractivity contribution in [2.45, 2.75) is 6.04 Å². The molecule has 2 aliphatic rings. The number of likely N-dealkylation sites (tertiary alicyclic amines) is 1. The molecule has 0 spiro atoms. The summed E-state index contributed by atoms with van der Waals surface area (Å²) in [6.07, 6.45) is 0. The summed E-state index contributed by atoms with van der Waals surface area (Å²) in [4.78, 5) is 14.9. The smallest absolute Gasteiger partial charge is 0.144 e. The lowest BCUT2D eigenvalue weighted by molar-refractivity contribution is -0.133. The second-order valence-corrected chi connectivity index (χ2v) is 6.63. The molecule has 3 heteroatoms. The molecule has 1 N–H and O–H groups in total. The van der Waals surface area contributed by atoms with Crippen molar-refractivity contribution in [3.05, 3.63) is 71.8 Å². The molecule has 2 atom stereocenters. The number of nitrogens with one attached hydrogen (secondary N) is 1. The molecule has 0 unspecified atom stereocenters. The molecule has 118 valence electrons. The second-order valence-electron chi connectivity index (χ2n) is 6.63. The Labute approximate surface area is 137 Å². The molecule has 2 aromatic carbocycles. The average Bonchev–Trinajstić information content (AvgIpc) is 2.58. The third-order valence-electron chi connectivity index (χ3n) is 5.09. The van der Waals surface area contributed by atoms with E-state index in [1.807, 2.05) is 0 Å². The number of ketones is 1. The van der Waals surface area contributed by atoms with Crippen LogP contribution in [0.4, 0.5) is 0 Å². The second kappa shape index (κ2) is 6.26. The van der Waals surface area contributed by atoms with Crippen LogP contribution in [0.25, 0.3) is 0 Å². The van der Waals surface area contributed by atoms with E-state index in [0.29, 0.717) is 5.78 Å². The number of piperidine rings is 2. The van der Waals surface area contributed by atoms with Crippen LogP contribution in [0.2, 0.25) is 0 Å². The predicted octanol–water partition coefficient (Wildman–Crippen LogP) is 2.50. The Bertz CT molecular complexity index is 615. The highest BCUT2D eigenvalue weighted by Crippen LogP contribution is 2.33. The van der Waals surface area contributed by atoms with Crippen molar-refractivity contribution < 1.29 is 4.79 Å². The average molecular weight is 306 g/mol. The van der Waals surface area contributed by atoms with Gasteiger partial charge in [0.15, 0.2) is 0 Å². The van der Waals surface area contributed by atoms with Gasteiger partial charge in [-0.2, -0.15) is 0 Å². The van der Waals surface area contributed by atoms with Gasteiger partial charge in [-0.1, -0.05) is 60.7 Å². The zero-order chi connectivity index (χ0) is 15.6. The Morgan fingerprint density at radius 2 is 1.30 bits per heavy atom. The maximum atomic E-state index is 12.4. The molecule has 2 saturated heterocycles. The lowest BCUT2D eigenvalue weighted by atomic mass is 9.82. The maximum absolute atomic E-state index is 12.4. The number of nitrogens with zero attached hydrogens (tertiary/aromatic N) is 1. The first-order valence-electron chi connectivity index (χ1n) is 8.41. The molecule has 0 saturated carbocycles. The third kappa shape index (κ3) is 2.82. The van der Waals surface area contributed by atoms with Gasteiger partial charge in [-0.15, -0.1) is 0 Å². The van der Waals surface area contributed by atoms with Gasteiger partial charge < -0.3 is 5.32 Å². The number of carbonyl (C=O) groups is 1. The van der Waals surface area contributed by atoms with Crippen molar-refractivity contribution >= 4 is 5.78 Å². The van der Waals surface area contributed by atoms with E-state index >= 15 is 0 Å². The Morgan fingerprint density at radius 1 is 0.826 bits per heavy atom. The Hall–Kier alpha value is -1.97. The van der Waals surface area contributed by atoms with Gasteiger partial charge in [-0.05, 0) is 11.1 Å². The van der Waals surface area contributed by atoms with E-state index in [4.69, 9.17) is 0 Å². The fourth-order valence-corrected chi connectivity index (χ4v) is 4.01. The van der Waals surface area contributed by atoms with Gasteiger partial charge in [0, 0.05) is 38.0 Å². The van der Waals surface area contributed by atoms with Crippen LogP contribution in [0.3, 0.4) is 0 Å². The van der Waals surface area contributed by atoms with Crippen molar-refractivity contribution in [3.63, 3.8) is 0 Å². The summed E-state index contributed by atoms with van der Waals surface area (Å²) < 4.78 is 0. The number of hydrogen-bond acceptors (Lipinski definition) is 3. The van der Waals surface area contributed by atoms with Gasteiger partial charge in [0.2, 0.25) is 0 Å². The van der Waals surface area contributed by atoms with E-state index < -0.39 is 0 Å². The van der Waals surface area contributed by atoms with Crippen LogP contribution < -0.4 is 5.32 Å². The molecule has 23 heavy (non-hydrogen) atoms. The molecule has 2 aliphatic heterocycles. The number of hydrogen-bond donors (Lipinski definition) is 1. The summed E-state index contributed by atoms with van der Waals surface area (Å²) in [6, 6.07) is 21.5. The number of fused-ring (bicyclic) bond motifs is 2. The number of benzene rings is 2. The van der Waals surface area contributed by atoms with Crippen LogP contribution in [-0.4, -0.2) is 36.9 Å². The summed E-state index contributed by atoms with van der Waals surface area (Å²) in [7, 11) is 0. The van der Waals surface area contributed by atoms with Gasteiger partial charge in [-0.3, -0.25) is 9.69 Å². The van der Waals surface area contributed by atoms with Crippen LogP contribution in [0.1, 0.15) is 17.2 Å². The van der Waals surface area contributed by atoms with E-state index in [-0.39, 0.29) is 17.9 Å². The molecule has 0 aromatic heterocycles. The predicted molar refractivity (Wildman–Crippen MR) is 91.2 cm³/mol. The monoisotopic (exact) mass is 306 g/mol. The first kappa shape index (κ1) is 14.6. The topological polar surface area (TPSA) is 32.3 Å². The molecule has 2 bridgehead atoms. The normalized spacial score (nSPS) is 24.8. The first-order chi connectivity index (χ1) is 11.3. The fraction of sp³-hybridized carbons (Fsp3) is 0.350. The van der Waals surface area contributed by atoms with Crippen molar-refractivity contribution in [2.24, 2.45) is 11.8 Å². The molecule has 0 aliphatic carbocycles. The highest BCUT2D eigenvalue weighted by molar-refractivity contribution is 5.85. The summed E-state index contributed by atoms with van der Waals surface area (Å²) in [5, 5.41) is 3.41. The third-order valence-corrected chi connectivity index (χ3v) is 5.09. The van der Waals surface area contributed by atoms with Gasteiger partial charge >= 0.3 is 0 Å². The standard InChI is InChI=1S/C20H22N2O/c23-20-17-11-21-12-18(20)14-22(13-17)19(15-7-3-1-4-8-15)16-9-5-2-6-10-16/h1-10,17-19,21H,11-14H2/t17-,18+. The zero-order valence-corrected chi connectivity index (χ0v) is 13.2. The van der Waals surface area contributed by atoms with Crippen LogP contribution in [0.15, 0.2) is 60.7 Å². The Kier molecular flexibility index (Phi) is 3.98. The quantitative estimate of drug-likeness (QED) is 0.945. The van der Waals surface area contributed by atoms with Gasteiger partial charge in [0.25, 0.3) is 0 Å². The lowest BCUT2D eigenvalue weighted by Crippen LogP contribution is -2.57. The summed E-state index contributed by atoms with van der Waals surface area (Å²) in [5.74, 6) is 0.731. The molecule has 3 nitrogen and oxygen atoms in total. The van der Waals surface area contributed by atoms with E-state index in [0.717, 1.165) is 26.2 Å². The molecule has 2 aromatic rings. The first-order valence-corrected chi connectivity index (χ1v) is 8.41. The van der Waals surface area contributed by atoms with Crippen LogP contribution in [0.5, 0.6) is 0 Å². The molecular formula is C20H22N2O. The molecule has 2 fully saturated rings. The summed E-state index contributed by atoms with van der Waals surface area (Å²) >= 11 is 0. The Balaban J connectivity index is 1.70. The molecule has 4 rings (SSSR count). The highest BCUT2D eigenvalue weighted by Gasteiger charge is 2.40. The minimum Gasteiger partial charge on any atom is -0.315 e. The summed E-state index contributed by atoms with van der Waals surface area (Å²) in [5.41, 5.74) is 2.61. The van der Waals surface area contributed by atoms with E-state index in [1.54, 1.807) is 0 Å². The fourth-order valence-electron chi connectivity index (χ4n) is 4.01. The van der Waals surface area contributed by atoms with E-state index in [2.05, 4.69) is 70.9 Å².